The maximum atomic E-state index is 5.92. The number of aromatic amines is 1. The van der Waals surface area contributed by atoms with Crippen molar-refractivity contribution >= 4 is 22.3 Å². The van der Waals surface area contributed by atoms with Crippen LogP contribution in [0.15, 0.2) is 18.3 Å². The number of nitrogen functional groups attached to an aromatic ring is 1. The molecule has 0 radical (unpaired) electrons. The molecule has 0 saturated heterocycles. The number of nitrogens with two attached hydrogens (primary N) is 1. The predicted octanol–water partition coefficient (Wildman–Crippen LogP) is 2.36. The molecule has 0 saturated carbocycles. The van der Waals surface area contributed by atoms with Gasteiger partial charge in [0, 0.05) is 11.9 Å². The smallest absolute Gasteiger partial charge is 0.0672 e. The molecule has 4 heteroatoms. The van der Waals surface area contributed by atoms with Gasteiger partial charge in [-0.05, 0) is 18.6 Å². The third kappa shape index (κ3) is 2.03. The zero-order valence-electron chi connectivity index (χ0n) is 8.88. The largest absolute Gasteiger partial charge is 0.397 e. The minimum atomic E-state index is 0.778. The molecular weight excluding hydrogens is 188 g/mol. The molecule has 4 nitrogen and oxygen atoms in total. The number of fused-ring (bicyclic) bond motifs is 1. The predicted molar refractivity (Wildman–Crippen MR) is 63.9 cm³/mol. The van der Waals surface area contributed by atoms with Crippen LogP contribution in [0.3, 0.4) is 0 Å². The van der Waals surface area contributed by atoms with Crippen LogP contribution in [0, 0.1) is 0 Å². The maximum absolute atomic E-state index is 5.92. The molecule has 0 bridgehead atoms. The maximum Gasteiger partial charge on any atom is 0.0672 e. The van der Waals surface area contributed by atoms with E-state index in [1.807, 2.05) is 12.1 Å². The lowest BCUT2D eigenvalue weighted by atomic mass is 10.2. The van der Waals surface area contributed by atoms with Gasteiger partial charge in [0.1, 0.15) is 0 Å². The molecule has 1 aromatic carbocycles. The Bertz CT molecular complexity index is 447. The Morgan fingerprint density at radius 2 is 2.33 bits per heavy atom. The number of hydrogen-bond donors (Lipinski definition) is 3. The van der Waals surface area contributed by atoms with E-state index >= 15 is 0 Å². The highest BCUT2D eigenvalue weighted by Crippen LogP contribution is 2.24. The molecular formula is C11H16N4. The van der Waals surface area contributed by atoms with E-state index in [9.17, 15) is 0 Å². The van der Waals surface area contributed by atoms with E-state index in [-0.39, 0.29) is 0 Å². The van der Waals surface area contributed by atoms with Crippen molar-refractivity contribution in [1.82, 2.24) is 10.2 Å². The number of unbranched alkanes of at least 4 members (excludes halogenated alkanes) is 1. The summed E-state index contributed by atoms with van der Waals surface area (Å²) in [6.07, 6.45) is 4.11. The highest BCUT2D eigenvalue weighted by Gasteiger charge is 2.02. The van der Waals surface area contributed by atoms with Crippen molar-refractivity contribution in [2.45, 2.75) is 19.8 Å². The van der Waals surface area contributed by atoms with Crippen LogP contribution >= 0.6 is 0 Å². The van der Waals surface area contributed by atoms with Gasteiger partial charge < -0.3 is 11.1 Å². The Hall–Kier alpha value is -1.71. The summed E-state index contributed by atoms with van der Waals surface area (Å²) in [5.74, 6) is 0. The second-order valence-electron chi connectivity index (χ2n) is 3.68. The van der Waals surface area contributed by atoms with Crippen molar-refractivity contribution in [1.29, 1.82) is 0 Å². The molecule has 0 fully saturated rings. The zero-order chi connectivity index (χ0) is 10.7. The fourth-order valence-electron chi connectivity index (χ4n) is 1.56. The third-order valence-electron chi connectivity index (χ3n) is 2.46. The average Bonchev–Trinajstić information content (AvgIpc) is 2.65. The average molecular weight is 204 g/mol. The summed E-state index contributed by atoms with van der Waals surface area (Å²) in [6.45, 7) is 3.13. The van der Waals surface area contributed by atoms with E-state index in [2.05, 4.69) is 22.4 Å². The topological polar surface area (TPSA) is 66.7 Å². The number of anilines is 2. The minimum absolute atomic E-state index is 0.778. The van der Waals surface area contributed by atoms with Gasteiger partial charge in [0.05, 0.1) is 23.1 Å². The normalized spacial score (nSPS) is 10.7. The molecule has 2 aromatic rings. The van der Waals surface area contributed by atoms with Gasteiger partial charge in [-0.15, -0.1) is 0 Å². The lowest BCUT2D eigenvalue weighted by molar-refractivity contribution is 0.834. The van der Waals surface area contributed by atoms with E-state index < -0.39 is 0 Å². The lowest BCUT2D eigenvalue weighted by Gasteiger charge is -2.08. The number of hydrogen-bond acceptors (Lipinski definition) is 3. The standard InChI is InChI=1S/C11H16N4/c1-2-3-4-13-11-6-10-8(5-9(11)12)7-14-15-10/h5-7,13H,2-4,12H2,1H3,(H,14,15). The molecule has 1 heterocycles. The number of benzene rings is 1. The van der Waals surface area contributed by atoms with Gasteiger partial charge in [0.25, 0.3) is 0 Å². The number of H-pyrrole nitrogens is 1. The van der Waals surface area contributed by atoms with Crippen molar-refractivity contribution in [2.24, 2.45) is 0 Å². The summed E-state index contributed by atoms with van der Waals surface area (Å²) >= 11 is 0. The monoisotopic (exact) mass is 204 g/mol. The molecule has 0 aliphatic heterocycles. The summed E-state index contributed by atoms with van der Waals surface area (Å²) in [6, 6.07) is 3.94. The van der Waals surface area contributed by atoms with Crippen molar-refractivity contribution in [2.75, 3.05) is 17.6 Å². The highest BCUT2D eigenvalue weighted by molar-refractivity contribution is 5.88. The first-order valence-electron chi connectivity index (χ1n) is 5.27. The fourth-order valence-corrected chi connectivity index (χ4v) is 1.56. The quantitative estimate of drug-likeness (QED) is 0.529. The Kier molecular flexibility index (Phi) is 2.76. The van der Waals surface area contributed by atoms with Gasteiger partial charge in [0.15, 0.2) is 0 Å². The second-order valence-corrected chi connectivity index (χ2v) is 3.68. The van der Waals surface area contributed by atoms with Crippen LogP contribution in [0.1, 0.15) is 19.8 Å². The van der Waals surface area contributed by atoms with Crippen molar-refractivity contribution in [3.8, 4) is 0 Å². The van der Waals surface area contributed by atoms with Crippen LogP contribution in [-0.2, 0) is 0 Å². The summed E-state index contributed by atoms with van der Waals surface area (Å²) in [4.78, 5) is 0. The molecule has 1 aromatic heterocycles. The van der Waals surface area contributed by atoms with Gasteiger partial charge in [-0.25, -0.2) is 0 Å². The van der Waals surface area contributed by atoms with E-state index in [1.165, 1.54) is 6.42 Å². The van der Waals surface area contributed by atoms with E-state index in [4.69, 9.17) is 5.73 Å². The van der Waals surface area contributed by atoms with Gasteiger partial charge in [-0.1, -0.05) is 13.3 Å². The van der Waals surface area contributed by atoms with Crippen LogP contribution in [0.5, 0.6) is 0 Å². The fraction of sp³-hybridized carbons (Fsp3) is 0.364. The van der Waals surface area contributed by atoms with Crippen LogP contribution in [0.25, 0.3) is 10.9 Å². The molecule has 0 unspecified atom stereocenters. The minimum Gasteiger partial charge on any atom is -0.397 e. The number of nitrogens with zero attached hydrogens (tertiary/aromatic N) is 1. The Labute approximate surface area is 88.9 Å². The van der Waals surface area contributed by atoms with E-state index in [0.717, 1.165) is 35.2 Å². The first kappa shape index (κ1) is 9.83. The van der Waals surface area contributed by atoms with Crippen LogP contribution in [-0.4, -0.2) is 16.7 Å². The molecule has 0 amide bonds. The summed E-state index contributed by atoms with van der Waals surface area (Å²) < 4.78 is 0. The van der Waals surface area contributed by atoms with Crippen LogP contribution in [0.2, 0.25) is 0 Å². The Morgan fingerprint density at radius 3 is 3.13 bits per heavy atom. The molecule has 2 rings (SSSR count). The lowest BCUT2D eigenvalue weighted by Crippen LogP contribution is -2.03. The first-order valence-corrected chi connectivity index (χ1v) is 5.27. The van der Waals surface area contributed by atoms with Gasteiger partial charge in [0.2, 0.25) is 0 Å². The van der Waals surface area contributed by atoms with Crippen molar-refractivity contribution in [3.05, 3.63) is 18.3 Å². The SMILES string of the molecule is CCCCNc1cc2[nH]ncc2cc1N. The summed E-state index contributed by atoms with van der Waals surface area (Å²) in [5.41, 5.74) is 8.70. The number of nitrogens with one attached hydrogen (secondary N) is 2. The molecule has 80 valence electrons. The second kappa shape index (κ2) is 4.21. The summed E-state index contributed by atoms with van der Waals surface area (Å²) in [7, 11) is 0. The first-order chi connectivity index (χ1) is 7.31. The molecule has 4 N–H and O–H groups in total. The molecule has 0 spiro atoms. The molecule has 15 heavy (non-hydrogen) atoms. The van der Waals surface area contributed by atoms with Crippen LogP contribution < -0.4 is 11.1 Å². The number of aromatic nitrogens is 2. The van der Waals surface area contributed by atoms with Gasteiger partial charge in [-0.3, -0.25) is 5.10 Å². The van der Waals surface area contributed by atoms with E-state index in [1.54, 1.807) is 6.20 Å². The van der Waals surface area contributed by atoms with Crippen molar-refractivity contribution in [3.63, 3.8) is 0 Å². The molecule has 0 aliphatic carbocycles. The van der Waals surface area contributed by atoms with Crippen molar-refractivity contribution < 1.29 is 0 Å². The van der Waals surface area contributed by atoms with E-state index in [0.29, 0.717) is 0 Å². The number of rotatable bonds is 4. The Morgan fingerprint density at radius 1 is 1.47 bits per heavy atom. The molecule has 0 atom stereocenters. The zero-order valence-corrected chi connectivity index (χ0v) is 8.88. The Balaban J connectivity index is 2.22. The van der Waals surface area contributed by atoms with Gasteiger partial charge in [-0.2, -0.15) is 5.10 Å². The van der Waals surface area contributed by atoms with Crippen LogP contribution in [0.4, 0.5) is 11.4 Å². The molecule has 0 aliphatic rings. The summed E-state index contributed by atoms with van der Waals surface area (Å²) in [5, 5.41) is 11.3. The van der Waals surface area contributed by atoms with Gasteiger partial charge >= 0.3 is 0 Å². The highest BCUT2D eigenvalue weighted by atomic mass is 15.1. The third-order valence-corrected chi connectivity index (χ3v) is 2.46.